The van der Waals surface area contributed by atoms with Crippen molar-refractivity contribution in [2.75, 3.05) is 19.6 Å². The van der Waals surface area contributed by atoms with E-state index in [4.69, 9.17) is 5.11 Å². The average Bonchev–Trinajstić information content (AvgIpc) is 2.38. The molecule has 0 fully saturated rings. The van der Waals surface area contributed by atoms with Gasteiger partial charge < -0.3 is 10.4 Å². The minimum Gasteiger partial charge on any atom is -0.478 e. The molecule has 0 aliphatic rings. The molecule has 0 radical (unpaired) electrons. The number of nitrogens with one attached hydrogen (secondary N) is 1. The van der Waals surface area contributed by atoms with Gasteiger partial charge in [-0.2, -0.15) is 0 Å². The summed E-state index contributed by atoms with van der Waals surface area (Å²) in [5.74, 6) is -1.15. The first-order valence-electron chi connectivity index (χ1n) is 6.09. The van der Waals surface area contributed by atoms with Crippen LogP contribution in [0.1, 0.15) is 29.9 Å². The van der Waals surface area contributed by atoms with Crippen LogP contribution in [-0.4, -0.2) is 51.5 Å². The van der Waals surface area contributed by atoms with Crippen LogP contribution in [0.3, 0.4) is 0 Å². The van der Waals surface area contributed by atoms with Gasteiger partial charge in [0.1, 0.15) is 11.9 Å². The molecule has 0 saturated carbocycles. The third-order valence-electron chi connectivity index (χ3n) is 2.59. The van der Waals surface area contributed by atoms with Gasteiger partial charge in [-0.25, -0.2) is 14.8 Å². The lowest BCUT2D eigenvalue weighted by atomic mass is 10.2. The lowest BCUT2D eigenvalue weighted by molar-refractivity contribution is -0.122. The Morgan fingerprint density at radius 1 is 1.42 bits per heavy atom. The lowest BCUT2D eigenvalue weighted by Gasteiger charge is -2.19. The first-order valence-corrected chi connectivity index (χ1v) is 6.09. The summed E-state index contributed by atoms with van der Waals surface area (Å²) in [6, 6.07) is 0. The van der Waals surface area contributed by atoms with E-state index in [1.165, 1.54) is 12.5 Å². The zero-order valence-corrected chi connectivity index (χ0v) is 11.1. The minimum atomic E-state index is -1.07. The number of hydrogen-bond acceptors (Lipinski definition) is 5. The van der Waals surface area contributed by atoms with E-state index in [0.717, 1.165) is 0 Å². The molecule has 0 spiro atoms. The molecule has 1 aromatic heterocycles. The summed E-state index contributed by atoms with van der Waals surface area (Å²) in [5, 5.41) is 11.7. The molecule has 7 nitrogen and oxygen atoms in total. The van der Waals surface area contributed by atoms with Crippen molar-refractivity contribution in [1.29, 1.82) is 0 Å². The molecule has 0 aliphatic heterocycles. The van der Waals surface area contributed by atoms with Crippen LogP contribution in [0.25, 0.3) is 0 Å². The Bertz CT molecular complexity index is 450. The Balaban J connectivity index is 2.75. The SMILES string of the molecule is CCNC(=O)CN(CC)Cc1ncncc1C(=O)O. The quantitative estimate of drug-likeness (QED) is 0.728. The van der Waals surface area contributed by atoms with E-state index < -0.39 is 5.97 Å². The van der Waals surface area contributed by atoms with Crippen LogP contribution in [0.2, 0.25) is 0 Å². The van der Waals surface area contributed by atoms with Crippen molar-refractivity contribution in [2.45, 2.75) is 20.4 Å². The normalized spacial score (nSPS) is 10.5. The molecule has 0 aromatic carbocycles. The first kappa shape index (κ1) is 15.0. The van der Waals surface area contributed by atoms with Crippen LogP contribution in [0, 0.1) is 0 Å². The van der Waals surface area contributed by atoms with Gasteiger partial charge in [0.2, 0.25) is 5.91 Å². The van der Waals surface area contributed by atoms with Crippen LogP contribution in [0.4, 0.5) is 0 Å². The third-order valence-corrected chi connectivity index (χ3v) is 2.59. The van der Waals surface area contributed by atoms with Crippen molar-refractivity contribution in [1.82, 2.24) is 20.2 Å². The molecule has 1 heterocycles. The van der Waals surface area contributed by atoms with Crippen molar-refractivity contribution >= 4 is 11.9 Å². The van der Waals surface area contributed by atoms with Crippen LogP contribution < -0.4 is 5.32 Å². The Morgan fingerprint density at radius 2 is 2.16 bits per heavy atom. The number of aromatic carboxylic acids is 1. The van der Waals surface area contributed by atoms with Crippen molar-refractivity contribution in [3.63, 3.8) is 0 Å². The largest absolute Gasteiger partial charge is 0.478 e. The maximum Gasteiger partial charge on any atom is 0.339 e. The Kier molecular flexibility index (Phi) is 5.87. The molecule has 0 bridgehead atoms. The molecule has 0 aliphatic carbocycles. The highest BCUT2D eigenvalue weighted by Crippen LogP contribution is 2.07. The van der Waals surface area contributed by atoms with E-state index in [-0.39, 0.29) is 18.0 Å². The fourth-order valence-electron chi connectivity index (χ4n) is 1.61. The van der Waals surface area contributed by atoms with Gasteiger partial charge in [-0.05, 0) is 13.5 Å². The van der Waals surface area contributed by atoms with Gasteiger partial charge in [0.15, 0.2) is 0 Å². The summed E-state index contributed by atoms with van der Waals surface area (Å²) in [6.07, 6.45) is 2.58. The van der Waals surface area contributed by atoms with E-state index in [9.17, 15) is 9.59 Å². The maximum atomic E-state index is 11.5. The van der Waals surface area contributed by atoms with Gasteiger partial charge in [0.25, 0.3) is 0 Å². The molecule has 1 aromatic rings. The number of carboxylic acid groups (broad SMARTS) is 1. The van der Waals surface area contributed by atoms with Gasteiger partial charge >= 0.3 is 5.97 Å². The zero-order valence-electron chi connectivity index (χ0n) is 11.1. The molecule has 1 rings (SSSR count). The molecular weight excluding hydrogens is 248 g/mol. The number of carbonyl (C=O) groups is 2. The number of hydrogen-bond donors (Lipinski definition) is 2. The highest BCUT2D eigenvalue weighted by atomic mass is 16.4. The molecule has 1 amide bonds. The van der Waals surface area contributed by atoms with Gasteiger partial charge in [-0.1, -0.05) is 6.92 Å². The van der Waals surface area contributed by atoms with Gasteiger partial charge in [0, 0.05) is 19.3 Å². The second kappa shape index (κ2) is 7.42. The molecule has 104 valence electrons. The van der Waals surface area contributed by atoms with E-state index in [0.29, 0.717) is 25.3 Å². The number of rotatable bonds is 7. The summed E-state index contributed by atoms with van der Waals surface area (Å²) in [4.78, 5) is 32.1. The average molecular weight is 266 g/mol. The highest BCUT2D eigenvalue weighted by Gasteiger charge is 2.15. The second-order valence-corrected chi connectivity index (χ2v) is 3.95. The number of amides is 1. The van der Waals surface area contributed by atoms with Crippen molar-refractivity contribution in [3.05, 3.63) is 23.8 Å². The summed E-state index contributed by atoms with van der Waals surface area (Å²) in [7, 11) is 0. The van der Waals surface area contributed by atoms with E-state index >= 15 is 0 Å². The Morgan fingerprint density at radius 3 is 2.74 bits per heavy atom. The molecule has 0 atom stereocenters. The standard InChI is InChI=1S/C12H18N4O3/c1-3-14-11(17)7-16(4-2)6-10-9(12(18)19)5-13-8-15-10/h5,8H,3-4,6-7H2,1-2H3,(H,14,17)(H,18,19). The molecule has 0 unspecified atom stereocenters. The summed E-state index contributed by atoms with van der Waals surface area (Å²) >= 11 is 0. The summed E-state index contributed by atoms with van der Waals surface area (Å²) in [6.45, 7) is 5.47. The van der Waals surface area contributed by atoms with Crippen molar-refractivity contribution in [2.24, 2.45) is 0 Å². The Labute approximate surface area is 111 Å². The first-order chi connectivity index (χ1) is 9.08. The van der Waals surface area contributed by atoms with Crippen LogP contribution in [0.5, 0.6) is 0 Å². The van der Waals surface area contributed by atoms with Crippen LogP contribution in [0.15, 0.2) is 12.5 Å². The number of aromatic nitrogens is 2. The monoisotopic (exact) mass is 266 g/mol. The minimum absolute atomic E-state index is 0.0665. The summed E-state index contributed by atoms with van der Waals surface area (Å²) in [5.41, 5.74) is 0.477. The van der Waals surface area contributed by atoms with Crippen LogP contribution in [-0.2, 0) is 11.3 Å². The number of carboxylic acids is 1. The topological polar surface area (TPSA) is 95.4 Å². The second-order valence-electron chi connectivity index (χ2n) is 3.95. The van der Waals surface area contributed by atoms with Gasteiger partial charge in [0.05, 0.1) is 12.2 Å². The zero-order chi connectivity index (χ0) is 14.3. The smallest absolute Gasteiger partial charge is 0.339 e. The van der Waals surface area contributed by atoms with Crippen LogP contribution >= 0.6 is 0 Å². The summed E-state index contributed by atoms with van der Waals surface area (Å²) < 4.78 is 0. The highest BCUT2D eigenvalue weighted by molar-refractivity contribution is 5.88. The number of carbonyl (C=O) groups excluding carboxylic acids is 1. The van der Waals surface area contributed by atoms with Gasteiger partial charge in [-0.3, -0.25) is 9.69 Å². The molecule has 7 heteroatoms. The number of nitrogens with zero attached hydrogens (tertiary/aromatic N) is 3. The van der Waals surface area contributed by atoms with Crippen molar-refractivity contribution in [3.8, 4) is 0 Å². The van der Waals surface area contributed by atoms with E-state index in [2.05, 4.69) is 15.3 Å². The van der Waals surface area contributed by atoms with E-state index in [1.807, 2.05) is 18.7 Å². The fraction of sp³-hybridized carbons (Fsp3) is 0.500. The molecule has 0 saturated heterocycles. The molecular formula is C12H18N4O3. The molecule has 2 N–H and O–H groups in total. The van der Waals surface area contributed by atoms with Gasteiger partial charge in [-0.15, -0.1) is 0 Å². The van der Waals surface area contributed by atoms with Crippen molar-refractivity contribution < 1.29 is 14.7 Å². The molecule has 19 heavy (non-hydrogen) atoms. The third kappa shape index (κ3) is 4.63. The fourth-order valence-corrected chi connectivity index (χ4v) is 1.61. The number of likely N-dealkylation sites (N-methyl/N-ethyl adjacent to an activating group) is 2. The van der Waals surface area contributed by atoms with E-state index in [1.54, 1.807) is 0 Å². The Hall–Kier alpha value is -2.02. The maximum absolute atomic E-state index is 11.5. The lowest BCUT2D eigenvalue weighted by Crippen LogP contribution is -2.37. The predicted octanol–water partition coefficient (Wildman–Crippen LogP) is 0.133. The predicted molar refractivity (Wildman–Crippen MR) is 68.6 cm³/mol.